The van der Waals surface area contributed by atoms with Crippen molar-refractivity contribution in [1.29, 1.82) is 0 Å². The zero-order valence-electron chi connectivity index (χ0n) is 38.5. The summed E-state index contributed by atoms with van der Waals surface area (Å²) in [5, 5.41) is 4.20. The molecule has 0 N–H and O–H groups in total. The van der Waals surface area contributed by atoms with Crippen LogP contribution in [-0.4, -0.2) is 92.6 Å². The van der Waals surface area contributed by atoms with Gasteiger partial charge in [-0.05, 0) is 0 Å². The average molecular weight is 876 g/mol. The second kappa shape index (κ2) is 18.3. The largest absolute Gasteiger partial charge is 1.00 e. The molecule has 0 heterocycles. The number of hydrogen-bond acceptors (Lipinski definition) is 6. The first-order chi connectivity index (χ1) is 24.3. The van der Waals surface area contributed by atoms with Crippen LogP contribution in [0.4, 0.5) is 34.1 Å². The summed E-state index contributed by atoms with van der Waals surface area (Å²) in [6.07, 6.45) is 0. The van der Waals surface area contributed by atoms with Gasteiger partial charge in [0, 0.05) is 0 Å². The van der Waals surface area contributed by atoms with Crippen LogP contribution in [0.2, 0.25) is 5.04 Å². The molecule has 1 unspecified atom stereocenters. The summed E-state index contributed by atoms with van der Waals surface area (Å²) >= 11 is 2.46. The van der Waals surface area contributed by atoms with Crippen LogP contribution in [0.1, 0.15) is 61.1 Å². The van der Waals surface area contributed by atoms with Gasteiger partial charge in [-0.25, -0.2) is 0 Å². The number of nitrogens with zero attached hydrogens (tertiary/aromatic N) is 6. The van der Waals surface area contributed by atoms with Crippen LogP contribution in [0.15, 0.2) is 38.8 Å². The first kappa shape index (κ1) is 51.8. The maximum absolute atomic E-state index is 3.43. The fraction of sp³-hybridized carbons (Fsp3) is 0.511. The van der Waals surface area contributed by atoms with E-state index in [-0.39, 0.29) is 42.3 Å². The van der Waals surface area contributed by atoms with Gasteiger partial charge in [0.05, 0.1) is 0 Å². The Hall–Kier alpha value is -2.26. The molecule has 11 heteroatoms. The molecule has 1 aliphatic rings. The molecule has 6 nitrogen and oxygen atoms in total. The molecule has 0 aromatic heterocycles. The normalized spacial score (nSPS) is 15.3. The first-order valence-electron chi connectivity index (χ1n) is 18.9. The van der Waals surface area contributed by atoms with Crippen LogP contribution in [0.25, 0.3) is 0 Å². The minimum atomic E-state index is -3.43. The quantitative estimate of drug-likeness (QED) is 0.179. The number of aryl methyl sites for hydroxylation is 3. The topological polar surface area (TPSA) is 19.4 Å². The van der Waals surface area contributed by atoms with Gasteiger partial charge in [0.25, 0.3) is 0 Å². The Morgan fingerprint density at radius 1 is 0.429 bits per heavy atom. The Labute approximate surface area is 373 Å². The number of anilines is 6. The molecular weight excluding hydrogens is 807 g/mol. The average Bonchev–Trinajstić information content (AvgIpc) is 3.19. The van der Waals surface area contributed by atoms with Crippen molar-refractivity contribution in [3.63, 3.8) is 0 Å². The predicted octanol–water partition coefficient (Wildman–Crippen LogP) is -1.65. The van der Waals surface area contributed by atoms with Gasteiger partial charge < -0.3 is 37.2 Å². The molecule has 56 heavy (non-hydrogen) atoms. The molecule has 3 aromatic rings. The Morgan fingerprint density at radius 2 is 0.679 bits per heavy atom. The molecule has 1 aliphatic carbocycles. The van der Waals surface area contributed by atoms with Gasteiger partial charge in [0.2, 0.25) is 0 Å². The van der Waals surface area contributed by atoms with Crippen molar-refractivity contribution in [1.82, 2.24) is 0 Å². The predicted molar refractivity (Wildman–Crippen MR) is 238 cm³/mol. The zero-order valence-corrected chi connectivity index (χ0v) is 43.4. The maximum atomic E-state index is 2.65. The van der Waals surface area contributed by atoms with Crippen molar-refractivity contribution in [2.75, 3.05) is 114 Å². The number of hydrogen-bond donors (Lipinski definition) is 0. The molecule has 0 spiro atoms. The van der Waals surface area contributed by atoms with E-state index in [1.54, 1.807) is 0 Å². The van der Waals surface area contributed by atoms with Gasteiger partial charge >= 0.3 is 339 Å². The number of allylic oxidation sites excluding steroid dienone is 4. The summed E-state index contributed by atoms with van der Waals surface area (Å²) < 4.78 is 1.49. The number of rotatable bonds is 10. The molecule has 0 saturated carbocycles. The third-order valence-corrected chi connectivity index (χ3v) is 20.5. The fourth-order valence-corrected chi connectivity index (χ4v) is 19.6. The Bertz CT molecular complexity index is 1820. The maximum Gasteiger partial charge on any atom is -1.00 e. The fourth-order valence-electron chi connectivity index (χ4n) is 10.2. The van der Waals surface area contributed by atoms with E-state index in [1.807, 2.05) is 0 Å². The van der Waals surface area contributed by atoms with E-state index in [9.17, 15) is 0 Å². The van der Waals surface area contributed by atoms with Crippen LogP contribution in [-0.2, 0) is 20.4 Å². The molecule has 1 atom stereocenters. The minimum absolute atomic E-state index is 0. The molecular formula is C45H69Cl3N6SiTi. The Balaban J connectivity index is 0.00000523. The van der Waals surface area contributed by atoms with Crippen LogP contribution in [0, 0.1) is 41.5 Å². The van der Waals surface area contributed by atoms with Crippen LogP contribution in [0.5, 0.6) is 0 Å². The van der Waals surface area contributed by atoms with E-state index < -0.39 is 8.07 Å². The van der Waals surface area contributed by atoms with E-state index in [1.165, 1.54) is 104 Å². The molecule has 0 fully saturated rings. The van der Waals surface area contributed by atoms with E-state index in [4.69, 9.17) is 0 Å². The second-order valence-electron chi connectivity index (χ2n) is 17.2. The summed E-state index contributed by atoms with van der Waals surface area (Å²) in [4.78, 5) is 14.3. The van der Waals surface area contributed by atoms with E-state index >= 15 is 0 Å². The summed E-state index contributed by atoms with van der Waals surface area (Å²) in [5.74, 6) is 0. The Morgan fingerprint density at radius 3 is 0.857 bits per heavy atom. The molecule has 0 saturated heterocycles. The van der Waals surface area contributed by atoms with Crippen molar-refractivity contribution >= 4 is 57.8 Å². The van der Waals surface area contributed by atoms with Crippen LogP contribution in [0.3, 0.4) is 0 Å². The monoisotopic (exact) mass is 874 g/mol. The molecule has 0 bridgehead atoms. The summed E-state index contributed by atoms with van der Waals surface area (Å²) in [5.41, 5.74) is 20.3. The van der Waals surface area contributed by atoms with Crippen LogP contribution < -0.4 is 82.2 Å². The number of halogens is 3. The van der Waals surface area contributed by atoms with Gasteiger partial charge in [-0.15, -0.1) is 0 Å². The zero-order chi connectivity index (χ0) is 40.6. The summed E-state index contributed by atoms with van der Waals surface area (Å²) in [6.45, 7) is 24.2. The van der Waals surface area contributed by atoms with E-state index in [2.05, 4.69) is 222 Å². The second-order valence-corrected chi connectivity index (χ2v) is 22.0. The number of benzene rings is 3. The van der Waals surface area contributed by atoms with Gasteiger partial charge in [-0.2, -0.15) is 0 Å². The standard InChI is InChI=1S/C45H69N6Si.3ClH.Ti/c1-27-23-36(46(11)12)32(6)42(39(27)49(17)18)52(45(10)26-30(4)31(5)35(45)9,43-33(7)37(47(13)14)24-28(2)40(43)50(19)20)44-34(8)38(48(15)16)25-29(3)41(44)51(21)22;;;;/h23-25H,1-22H3;3*1H;/q;;;;+3/p-3. The van der Waals surface area contributed by atoms with E-state index in [0.717, 1.165) is 0 Å². The third kappa shape index (κ3) is 7.56. The molecule has 4 rings (SSSR count). The van der Waals surface area contributed by atoms with Crippen molar-refractivity contribution in [3.8, 4) is 0 Å². The van der Waals surface area contributed by atoms with Crippen molar-refractivity contribution in [2.45, 2.75) is 74.3 Å². The van der Waals surface area contributed by atoms with E-state index in [0.29, 0.717) is 0 Å². The molecule has 3 aromatic carbocycles. The van der Waals surface area contributed by atoms with Gasteiger partial charge in [0.15, 0.2) is 0 Å². The van der Waals surface area contributed by atoms with Gasteiger partial charge in [-0.1, -0.05) is 0 Å². The van der Waals surface area contributed by atoms with Crippen LogP contribution >= 0.6 is 0 Å². The molecule has 0 aliphatic heterocycles. The van der Waals surface area contributed by atoms with Crippen molar-refractivity contribution < 1.29 is 57.7 Å². The molecule has 0 radical (unpaired) electrons. The molecule has 0 amide bonds. The van der Waals surface area contributed by atoms with Gasteiger partial charge in [0.1, 0.15) is 0 Å². The van der Waals surface area contributed by atoms with Crippen molar-refractivity contribution in [2.24, 2.45) is 0 Å². The summed E-state index contributed by atoms with van der Waals surface area (Å²) in [7, 11) is 23.5. The van der Waals surface area contributed by atoms with Crippen molar-refractivity contribution in [3.05, 3.63) is 72.2 Å². The third-order valence-electron chi connectivity index (χ3n) is 12.6. The SMILES string of the molecule is CC1=C(C)C(C)([Si](c2c(C)c(N(C)C)cc(C)c2N(C)C)(c2c(C)c(N(C)C)cc(C)c2N(C)C)c2c(C)c(N(C)C)cc(C)c2N(C)C)[C]([Ti+3])=C1C.[Cl-].[Cl-].[Cl-]. The minimum Gasteiger partial charge on any atom is -1.00 e. The van der Waals surface area contributed by atoms with Gasteiger partial charge in [-0.3, -0.25) is 0 Å². The summed E-state index contributed by atoms with van der Waals surface area (Å²) in [6, 6.07) is 7.28. The Kier molecular flexibility index (Phi) is 17.0. The smallest absolute Gasteiger partial charge is 1.00 e. The first-order valence-corrected chi connectivity index (χ1v) is 21.7. The molecule has 308 valence electrons.